The fourth-order valence-electron chi connectivity index (χ4n) is 2.04. The number of amides is 1. The highest BCUT2D eigenvalue weighted by molar-refractivity contribution is 7.89. The number of nitrogens with one attached hydrogen (secondary N) is 2. The first kappa shape index (κ1) is 21.3. The van der Waals surface area contributed by atoms with Gasteiger partial charge < -0.3 is 9.26 Å². The number of ether oxygens (including phenoxy) is 1. The number of anilines is 1. The van der Waals surface area contributed by atoms with Gasteiger partial charge in [0.05, 0.1) is 10.6 Å². The predicted molar refractivity (Wildman–Crippen MR) is 97.1 cm³/mol. The molecule has 1 aromatic heterocycles. The smallest absolute Gasteiger partial charge is 0.321 e. The summed E-state index contributed by atoms with van der Waals surface area (Å²) in [5.74, 6) is -1.71. The third-order valence-electron chi connectivity index (χ3n) is 3.53. The van der Waals surface area contributed by atoms with Crippen LogP contribution in [0.2, 0.25) is 0 Å². The van der Waals surface area contributed by atoms with Crippen LogP contribution in [0.25, 0.3) is 0 Å². The first-order valence-electron chi connectivity index (χ1n) is 8.13. The fraction of sp³-hybridized carbons (Fsp3) is 0.294. The average molecular weight is 409 g/mol. The van der Waals surface area contributed by atoms with E-state index in [9.17, 15) is 22.8 Å². The number of carbonyl (C=O) groups excluding carboxylic acids is 3. The van der Waals surface area contributed by atoms with E-state index in [0.29, 0.717) is 11.3 Å². The van der Waals surface area contributed by atoms with E-state index in [2.05, 4.69) is 15.2 Å². The molecule has 0 aliphatic carbocycles. The highest BCUT2D eigenvalue weighted by Gasteiger charge is 2.21. The summed E-state index contributed by atoms with van der Waals surface area (Å²) in [6.45, 7) is 3.68. The Kier molecular flexibility index (Phi) is 6.65. The second kappa shape index (κ2) is 8.76. The molecule has 1 aromatic carbocycles. The van der Waals surface area contributed by atoms with Gasteiger partial charge in [-0.3, -0.25) is 19.7 Å². The number of aryl methyl sites for hydroxylation is 1. The molecule has 28 heavy (non-hydrogen) atoms. The van der Waals surface area contributed by atoms with Crippen molar-refractivity contribution < 1.29 is 32.1 Å². The van der Waals surface area contributed by atoms with Crippen molar-refractivity contribution in [3.63, 3.8) is 0 Å². The Labute approximate surface area is 161 Å². The van der Waals surface area contributed by atoms with E-state index in [1.54, 1.807) is 6.92 Å². The maximum Gasteiger partial charge on any atom is 0.321 e. The minimum absolute atomic E-state index is 0.0973. The number of nitrogens with zero attached hydrogens (tertiary/aromatic N) is 1. The molecule has 0 aliphatic heterocycles. The molecule has 0 fully saturated rings. The topological polar surface area (TPSA) is 145 Å². The van der Waals surface area contributed by atoms with Gasteiger partial charge in [0.25, 0.3) is 5.91 Å². The lowest BCUT2D eigenvalue weighted by Gasteiger charge is -2.12. The summed E-state index contributed by atoms with van der Waals surface area (Å²) < 4.78 is 36.1. The standard InChI is InChI=1S/C17H19N3O7S/c1-10-8-15(27-20-10)19-17(23)12(3)26-16(22)9-18-28(24,25)14-6-4-13(5-7-14)11(2)21/h4-8,12,18H,9H2,1-3H3,(H,19,23). The van der Waals surface area contributed by atoms with Crippen LogP contribution in [0.15, 0.2) is 39.8 Å². The van der Waals surface area contributed by atoms with Gasteiger partial charge in [-0.05, 0) is 32.9 Å². The van der Waals surface area contributed by atoms with Crippen molar-refractivity contribution in [1.82, 2.24) is 9.88 Å². The molecule has 11 heteroatoms. The molecule has 0 bridgehead atoms. The zero-order chi connectivity index (χ0) is 20.9. The molecule has 1 heterocycles. The molecule has 0 radical (unpaired) electrons. The number of aromatic nitrogens is 1. The second-order valence-electron chi connectivity index (χ2n) is 5.86. The Morgan fingerprint density at radius 2 is 1.86 bits per heavy atom. The van der Waals surface area contributed by atoms with Gasteiger partial charge in [0.15, 0.2) is 11.9 Å². The number of hydrogen-bond donors (Lipinski definition) is 2. The zero-order valence-electron chi connectivity index (χ0n) is 15.4. The molecule has 0 saturated heterocycles. The van der Waals surface area contributed by atoms with Gasteiger partial charge in [-0.2, -0.15) is 4.72 Å². The normalized spacial score (nSPS) is 12.2. The summed E-state index contributed by atoms with van der Waals surface area (Å²) in [4.78, 5) is 34.9. The van der Waals surface area contributed by atoms with E-state index in [1.807, 2.05) is 0 Å². The maximum absolute atomic E-state index is 12.2. The van der Waals surface area contributed by atoms with Crippen LogP contribution >= 0.6 is 0 Å². The van der Waals surface area contributed by atoms with E-state index < -0.39 is 34.5 Å². The van der Waals surface area contributed by atoms with E-state index >= 15 is 0 Å². The summed E-state index contributed by atoms with van der Waals surface area (Å²) >= 11 is 0. The largest absolute Gasteiger partial charge is 0.452 e. The molecule has 0 spiro atoms. The lowest BCUT2D eigenvalue weighted by Crippen LogP contribution is -2.35. The van der Waals surface area contributed by atoms with Crippen LogP contribution in [0, 0.1) is 6.92 Å². The van der Waals surface area contributed by atoms with Crippen molar-refractivity contribution in [3.05, 3.63) is 41.6 Å². The van der Waals surface area contributed by atoms with Gasteiger partial charge >= 0.3 is 5.97 Å². The third kappa shape index (κ3) is 5.72. The van der Waals surface area contributed by atoms with Crippen molar-refractivity contribution in [3.8, 4) is 0 Å². The molecule has 2 N–H and O–H groups in total. The van der Waals surface area contributed by atoms with Crippen molar-refractivity contribution in [2.75, 3.05) is 11.9 Å². The Hall–Kier alpha value is -3.05. The number of esters is 1. The van der Waals surface area contributed by atoms with Crippen molar-refractivity contribution in [2.24, 2.45) is 0 Å². The monoisotopic (exact) mass is 409 g/mol. The van der Waals surface area contributed by atoms with E-state index in [0.717, 1.165) is 0 Å². The molecule has 2 aromatic rings. The summed E-state index contributed by atoms with van der Waals surface area (Å²) in [5.41, 5.74) is 0.922. The van der Waals surface area contributed by atoms with Crippen molar-refractivity contribution in [2.45, 2.75) is 31.8 Å². The quantitative estimate of drug-likeness (QED) is 0.486. The molecule has 150 valence electrons. The van der Waals surface area contributed by atoms with Gasteiger partial charge in [-0.15, -0.1) is 0 Å². The van der Waals surface area contributed by atoms with Gasteiger partial charge in [-0.25, -0.2) is 8.42 Å². The lowest BCUT2D eigenvalue weighted by molar-refractivity contribution is -0.151. The zero-order valence-corrected chi connectivity index (χ0v) is 16.2. The van der Waals surface area contributed by atoms with Crippen LogP contribution in [-0.2, 0) is 24.3 Å². The summed E-state index contributed by atoms with van der Waals surface area (Å²) in [6, 6.07) is 6.72. The summed E-state index contributed by atoms with van der Waals surface area (Å²) in [7, 11) is -3.99. The molecule has 1 amide bonds. The van der Waals surface area contributed by atoms with Crippen LogP contribution in [0.3, 0.4) is 0 Å². The van der Waals surface area contributed by atoms with Crippen LogP contribution in [0.1, 0.15) is 29.9 Å². The number of rotatable bonds is 8. The van der Waals surface area contributed by atoms with Crippen LogP contribution in [0.5, 0.6) is 0 Å². The number of Topliss-reactive ketones (excluding diaryl/α,β-unsaturated/α-hetero) is 1. The fourth-order valence-corrected chi connectivity index (χ4v) is 3.01. The number of hydrogen-bond acceptors (Lipinski definition) is 8. The number of benzene rings is 1. The van der Waals surface area contributed by atoms with Gasteiger partial charge in [-0.1, -0.05) is 17.3 Å². The minimum Gasteiger partial charge on any atom is -0.452 e. The van der Waals surface area contributed by atoms with Gasteiger partial charge in [0.1, 0.15) is 6.54 Å². The second-order valence-corrected chi connectivity index (χ2v) is 7.63. The van der Waals surface area contributed by atoms with Crippen LogP contribution in [0.4, 0.5) is 5.88 Å². The maximum atomic E-state index is 12.2. The Balaban J connectivity index is 1.88. The molecule has 0 aliphatic rings. The number of ketones is 1. The summed E-state index contributed by atoms with van der Waals surface area (Å²) in [6.07, 6.45) is -1.18. The molecule has 1 atom stereocenters. The highest BCUT2D eigenvalue weighted by atomic mass is 32.2. The van der Waals surface area contributed by atoms with Crippen LogP contribution < -0.4 is 10.0 Å². The Bertz CT molecular complexity index is 980. The number of sulfonamides is 1. The first-order chi connectivity index (χ1) is 13.1. The molecule has 1 unspecified atom stereocenters. The van der Waals surface area contributed by atoms with Crippen molar-refractivity contribution >= 4 is 33.6 Å². The van der Waals surface area contributed by atoms with Gasteiger partial charge in [0.2, 0.25) is 15.9 Å². The SMILES string of the molecule is CC(=O)c1ccc(S(=O)(=O)NCC(=O)OC(C)C(=O)Nc2cc(C)no2)cc1. The molecule has 0 saturated carbocycles. The molecular weight excluding hydrogens is 390 g/mol. The number of carbonyl (C=O) groups is 3. The van der Waals surface area contributed by atoms with E-state index in [-0.39, 0.29) is 16.6 Å². The Morgan fingerprint density at radius 1 is 1.21 bits per heavy atom. The van der Waals surface area contributed by atoms with E-state index in [4.69, 9.17) is 9.26 Å². The average Bonchev–Trinajstić information content (AvgIpc) is 3.04. The molecular formula is C17H19N3O7S. The van der Waals surface area contributed by atoms with Crippen LogP contribution in [-0.4, -0.2) is 43.9 Å². The Morgan fingerprint density at radius 3 is 2.39 bits per heavy atom. The van der Waals surface area contributed by atoms with Gasteiger partial charge in [0, 0.05) is 11.6 Å². The first-order valence-corrected chi connectivity index (χ1v) is 9.61. The van der Waals surface area contributed by atoms with Crippen molar-refractivity contribution in [1.29, 1.82) is 0 Å². The summed E-state index contributed by atoms with van der Waals surface area (Å²) in [5, 5.41) is 5.97. The minimum atomic E-state index is -3.99. The highest BCUT2D eigenvalue weighted by Crippen LogP contribution is 2.11. The van der Waals surface area contributed by atoms with E-state index in [1.165, 1.54) is 44.2 Å². The lowest BCUT2D eigenvalue weighted by atomic mass is 10.2. The molecule has 2 rings (SSSR count). The molecule has 10 nitrogen and oxygen atoms in total. The third-order valence-corrected chi connectivity index (χ3v) is 4.95. The predicted octanol–water partition coefficient (Wildman–Crippen LogP) is 1.03.